The van der Waals surface area contributed by atoms with Gasteiger partial charge in [0.1, 0.15) is 6.54 Å². The second-order valence-electron chi connectivity index (χ2n) is 6.61. The lowest BCUT2D eigenvalue weighted by Crippen LogP contribution is -2.38. The molecule has 0 heterocycles. The van der Waals surface area contributed by atoms with Crippen LogP contribution in [0.2, 0.25) is 0 Å². The van der Waals surface area contributed by atoms with Crippen LogP contribution in [0.1, 0.15) is 38.1 Å². The molecule has 0 atom stereocenters. The van der Waals surface area contributed by atoms with Crippen LogP contribution in [0.4, 0.5) is 0 Å². The Morgan fingerprint density at radius 1 is 1.08 bits per heavy atom. The van der Waals surface area contributed by atoms with Gasteiger partial charge in [-0.3, -0.25) is 9.59 Å². The summed E-state index contributed by atoms with van der Waals surface area (Å²) in [6.07, 6.45) is 0. The van der Waals surface area contributed by atoms with Crippen molar-refractivity contribution in [3.63, 3.8) is 0 Å². The molecule has 0 spiro atoms. The Morgan fingerprint density at radius 2 is 1.60 bits per heavy atom. The zero-order valence-corrected chi connectivity index (χ0v) is 16.1. The quantitative estimate of drug-likeness (QED) is 0.754. The Hall–Kier alpha value is -1.93. The third-order valence-electron chi connectivity index (χ3n) is 3.70. The third kappa shape index (κ3) is 5.54. The van der Waals surface area contributed by atoms with Crippen molar-refractivity contribution in [3.8, 4) is 0 Å². The Kier molecular flexibility index (Phi) is 7.13. The first-order valence-electron chi connectivity index (χ1n) is 8.06. The fraction of sp³-hybridized carbons (Fsp3) is 0.529. The molecule has 25 heavy (non-hydrogen) atoms. The number of nitrogens with zero attached hydrogens (tertiary/aromatic N) is 2. The van der Waals surface area contributed by atoms with E-state index in [1.54, 1.807) is 13.8 Å². The molecular weight excluding hydrogens is 344 g/mol. The lowest BCUT2D eigenvalue weighted by molar-refractivity contribution is -0.137. The van der Waals surface area contributed by atoms with Crippen LogP contribution in [0.3, 0.4) is 0 Å². The maximum absolute atomic E-state index is 12.5. The molecule has 0 aromatic heterocycles. The second kappa shape index (κ2) is 8.44. The van der Waals surface area contributed by atoms with Gasteiger partial charge in [-0.1, -0.05) is 13.8 Å². The van der Waals surface area contributed by atoms with Crippen molar-refractivity contribution in [2.75, 3.05) is 20.1 Å². The van der Waals surface area contributed by atoms with E-state index in [1.807, 2.05) is 13.8 Å². The number of carboxylic acids is 1. The Bertz CT molecular complexity index is 711. The van der Waals surface area contributed by atoms with Gasteiger partial charge in [-0.2, -0.15) is 4.31 Å². The van der Waals surface area contributed by atoms with Crippen LogP contribution in [0.5, 0.6) is 0 Å². The van der Waals surface area contributed by atoms with Crippen molar-refractivity contribution >= 4 is 21.9 Å². The summed E-state index contributed by atoms with van der Waals surface area (Å²) in [6, 6.07) is 5.38. The minimum absolute atomic E-state index is 0.0916. The summed E-state index contributed by atoms with van der Waals surface area (Å²) in [7, 11) is -2.13. The first kappa shape index (κ1) is 21.1. The molecule has 1 N–H and O–H groups in total. The predicted molar refractivity (Wildman–Crippen MR) is 94.9 cm³/mol. The molecule has 0 aliphatic rings. The van der Waals surface area contributed by atoms with Crippen LogP contribution >= 0.6 is 0 Å². The fourth-order valence-electron chi connectivity index (χ4n) is 2.22. The van der Waals surface area contributed by atoms with Gasteiger partial charge in [0.05, 0.1) is 4.90 Å². The highest BCUT2D eigenvalue weighted by Crippen LogP contribution is 2.18. The van der Waals surface area contributed by atoms with Gasteiger partial charge >= 0.3 is 5.97 Å². The molecule has 0 radical (unpaired) electrons. The van der Waals surface area contributed by atoms with Crippen molar-refractivity contribution < 1.29 is 23.1 Å². The summed E-state index contributed by atoms with van der Waals surface area (Å²) in [5.74, 6) is -1.41. The molecule has 0 aliphatic carbocycles. The van der Waals surface area contributed by atoms with Crippen LogP contribution in [-0.4, -0.2) is 60.8 Å². The molecule has 1 amide bonds. The van der Waals surface area contributed by atoms with Crippen LogP contribution in [0.25, 0.3) is 0 Å². The van der Waals surface area contributed by atoms with E-state index in [-0.39, 0.29) is 22.4 Å². The summed E-state index contributed by atoms with van der Waals surface area (Å²) in [5.41, 5.74) is 0.257. The summed E-state index contributed by atoms with van der Waals surface area (Å²) in [6.45, 7) is 7.23. The van der Waals surface area contributed by atoms with Crippen molar-refractivity contribution in [2.24, 2.45) is 5.92 Å². The maximum Gasteiger partial charge on any atom is 0.323 e. The monoisotopic (exact) mass is 370 g/mol. The third-order valence-corrected chi connectivity index (χ3v) is 5.75. The first-order valence-corrected chi connectivity index (χ1v) is 9.50. The van der Waals surface area contributed by atoms with Gasteiger partial charge in [0.15, 0.2) is 0 Å². The van der Waals surface area contributed by atoms with Gasteiger partial charge in [0.25, 0.3) is 5.91 Å². The van der Waals surface area contributed by atoms with Gasteiger partial charge in [-0.05, 0) is 44.0 Å². The van der Waals surface area contributed by atoms with Crippen molar-refractivity contribution in [1.29, 1.82) is 0 Å². The number of benzene rings is 1. The zero-order valence-electron chi connectivity index (χ0n) is 15.3. The van der Waals surface area contributed by atoms with Crippen molar-refractivity contribution in [1.82, 2.24) is 9.21 Å². The smallest absolute Gasteiger partial charge is 0.323 e. The minimum Gasteiger partial charge on any atom is -0.480 e. The topological polar surface area (TPSA) is 95.0 Å². The Morgan fingerprint density at radius 3 is 2.00 bits per heavy atom. The number of hydrogen-bond donors (Lipinski definition) is 1. The van der Waals surface area contributed by atoms with Crippen molar-refractivity contribution in [2.45, 2.75) is 38.6 Å². The number of sulfonamides is 1. The number of aliphatic carboxylic acids is 1. The Labute approximate surface area is 149 Å². The van der Waals surface area contributed by atoms with Crippen LogP contribution in [0, 0.1) is 5.92 Å². The van der Waals surface area contributed by atoms with Crippen molar-refractivity contribution in [3.05, 3.63) is 29.8 Å². The van der Waals surface area contributed by atoms with Gasteiger partial charge in [-0.25, -0.2) is 8.42 Å². The molecule has 0 bridgehead atoms. The van der Waals surface area contributed by atoms with E-state index in [9.17, 15) is 18.0 Å². The largest absolute Gasteiger partial charge is 0.480 e. The van der Waals surface area contributed by atoms with E-state index >= 15 is 0 Å². The van der Waals surface area contributed by atoms with Crippen LogP contribution < -0.4 is 0 Å². The lowest BCUT2D eigenvalue weighted by Gasteiger charge is -2.23. The molecule has 1 rings (SSSR count). The maximum atomic E-state index is 12.5. The average Bonchev–Trinajstić information content (AvgIpc) is 2.51. The molecular formula is C17H26N2O5S. The average molecular weight is 370 g/mol. The number of carbonyl (C=O) groups excluding carboxylic acids is 1. The fourth-order valence-corrected chi connectivity index (χ4v) is 3.59. The standard InChI is InChI=1S/C17H26N2O5S/c1-12(2)10-19(11-16(20)21)17(22)14-6-8-15(9-7-14)25(23,24)18(5)13(3)4/h6-9,12-13H,10-11H2,1-5H3,(H,20,21). The molecule has 8 heteroatoms. The second-order valence-corrected chi connectivity index (χ2v) is 8.61. The molecule has 0 aliphatic heterocycles. The predicted octanol–water partition coefficient (Wildman–Crippen LogP) is 1.90. The number of amides is 1. The number of hydrogen-bond acceptors (Lipinski definition) is 4. The number of rotatable bonds is 8. The van der Waals surface area contributed by atoms with Crippen LogP contribution in [0.15, 0.2) is 29.2 Å². The first-order chi connectivity index (χ1) is 11.5. The molecule has 140 valence electrons. The molecule has 1 aromatic carbocycles. The van der Waals surface area contributed by atoms with Gasteiger partial charge in [-0.15, -0.1) is 0 Å². The van der Waals surface area contributed by atoms with E-state index in [0.717, 1.165) is 0 Å². The molecule has 0 unspecified atom stereocenters. The minimum atomic E-state index is -3.62. The van der Waals surface area contributed by atoms with E-state index in [0.29, 0.717) is 6.54 Å². The molecule has 1 aromatic rings. The SMILES string of the molecule is CC(C)CN(CC(=O)O)C(=O)c1ccc(S(=O)(=O)N(C)C(C)C)cc1. The summed E-state index contributed by atoms with van der Waals surface area (Å²) in [4.78, 5) is 24.8. The molecule has 7 nitrogen and oxygen atoms in total. The van der Waals surface area contributed by atoms with E-state index in [1.165, 1.54) is 40.5 Å². The van der Waals surface area contributed by atoms with E-state index in [4.69, 9.17) is 5.11 Å². The molecule has 0 fully saturated rings. The number of carbonyl (C=O) groups is 2. The summed E-state index contributed by atoms with van der Waals surface area (Å²) >= 11 is 0. The zero-order chi connectivity index (χ0) is 19.4. The van der Waals surface area contributed by atoms with Gasteiger partial charge < -0.3 is 10.0 Å². The molecule has 0 saturated heterocycles. The highest BCUT2D eigenvalue weighted by molar-refractivity contribution is 7.89. The normalized spacial score (nSPS) is 12.0. The highest BCUT2D eigenvalue weighted by Gasteiger charge is 2.24. The van der Waals surface area contributed by atoms with Gasteiger partial charge in [0, 0.05) is 25.2 Å². The summed E-state index contributed by atoms with van der Waals surface area (Å²) < 4.78 is 26.1. The Balaban J connectivity index is 3.08. The highest BCUT2D eigenvalue weighted by atomic mass is 32.2. The van der Waals surface area contributed by atoms with Crippen LogP contribution in [-0.2, 0) is 14.8 Å². The van der Waals surface area contributed by atoms with Gasteiger partial charge in [0.2, 0.25) is 10.0 Å². The lowest BCUT2D eigenvalue weighted by atomic mass is 10.1. The van der Waals surface area contributed by atoms with E-state index in [2.05, 4.69) is 0 Å². The number of carboxylic acid groups (broad SMARTS) is 1. The van der Waals surface area contributed by atoms with E-state index < -0.39 is 28.4 Å². The molecule has 0 saturated carbocycles. The summed E-state index contributed by atoms with van der Waals surface area (Å²) in [5, 5.41) is 8.98.